The fourth-order valence-electron chi connectivity index (χ4n) is 3.18. The molecule has 0 N–H and O–H groups in total. The van der Waals surface area contributed by atoms with Gasteiger partial charge in [0, 0.05) is 38.6 Å². The van der Waals surface area contributed by atoms with Crippen LogP contribution in [0.1, 0.15) is 16.1 Å². The van der Waals surface area contributed by atoms with E-state index in [0.29, 0.717) is 31.9 Å². The van der Waals surface area contributed by atoms with Gasteiger partial charge in [-0.15, -0.1) is 0 Å². The number of aryl methyl sites for hydroxylation is 1. The van der Waals surface area contributed by atoms with Crippen LogP contribution < -0.4 is 4.31 Å². The third kappa shape index (κ3) is 4.89. The lowest BCUT2D eigenvalue weighted by Gasteiger charge is -2.35. The average Bonchev–Trinajstić information content (AvgIpc) is 2.72. The van der Waals surface area contributed by atoms with Crippen molar-refractivity contribution >= 4 is 27.5 Å². The molecular formula is C19H23N5O4S. The van der Waals surface area contributed by atoms with Crippen LogP contribution in [-0.4, -0.2) is 79.0 Å². The van der Waals surface area contributed by atoms with E-state index in [1.807, 2.05) is 6.07 Å². The van der Waals surface area contributed by atoms with Crippen molar-refractivity contribution in [1.82, 2.24) is 19.8 Å². The summed E-state index contributed by atoms with van der Waals surface area (Å²) in [7, 11) is -3.63. The Labute approximate surface area is 170 Å². The molecule has 0 atom stereocenters. The molecule has 0 bridgehead atoms. The number of hydrogen-bond donors (Lipinski definition) is 0. The van der Waals surface area contributed by atoms with E-state index in [0.717, 1.165) is 16.1 Å². The van der Waals surface area contributed by atoms with E-state index in [9.17, 15) is 18.0 Å². The smallest absolute Gasteiger partial charge is 0.274 e. The normalized spacial score (nSPS) is 14.6. The van der Waals surface area contributed by atoms with Crippen molar-refractivity contribution in [2.45, 2.75) is 6.92 Å². The summed E-state index contributed by atoms with van der Waals surface area (Å²) in [4.78, 5) is 36.3. The molecule has 1 aromatic heterocycles. The molecule has 0 spiro atoms. The van der Waals surface area contributed by atoms with Crippen LogP contribution in [0.5, 0.6) is 0 Å². The van der Waals surface area contributed by atoms with Gasteiger partial charge in [0.1, 0.15) is 12.2 Å². The Bertz CT molecular complexity index is 989. The van der Waals surface area contributed by atoms with Crippen molar-refractivity contribution in [3.8, 4) is 0 Å². The molecule has 0 unspecified atom stereocenters. The summed E-state index contributed by atoms with van der Waals surface area (Å²) in [5, 5.41) is 0. The molecule has 1 aliphatic heterocycles. The third-order valence-electron chi connectivity index (χ3n) is 4.77. The Balaban J connectivity index is 1.65. The van der Waals surface area contributed by atoms with Gasteiger partial charge in [-0.25, -0.2) is 13.4 Å². The van der Waals surface area contributed by atoms with Crippen molar-refractivity contribution in [3.05, 3.63) is 54.1 Å². The Kier molecular flexibility index (Phi) is 6.12. The molecule has 29 heavy (non-hydrogen) atoms. The molecule has 0 radical (unpaired) electrons. The van der Waals surface area contributed by atoms with Gasteiger partial charge in [0.25, 0.3) is 5.91 Å². The Hall–Kier alpha value is -3.01. The predicted octanol–water partition coefficient (Wildman–Crippen LogP) is 0.536. The first kappa shape index (κ1) is 20.7. The van der Waals surface area contributed by atoms with Crippen LogP contribution in [0.25, 0.3) is 0 Å². The number of hydrogen-bond acceptors (Lipinski definition) is 6. The topological polar surface area (TPSA) is 104 Å². The minimum atomic E-state index is -3.63. The lowest BCUT2D eigenvalue weighted by atomic mass is 10.2. The van der Waals surface area contributed by atoms with Gasteiger partial charge in [-0.2, -0.15) is 0 Å². The van der Waals surface area contributed by atoms with Gasteiger partial charge in [0.05, 0.1) is 18.1 Å². The van der Waals surface area contributed by atoms with Crippen LogP contribution in [-0.2, 0) is 14.8 Å². The van der Waals surface area contributed by atoms with E-state index in [1.54, 1.807) is 34.9 Å². The van der Waals surface area contributed by atoms with Gasteiger partial charge in [-0.1, -0.05) is 18.2 Å². The number of anilines is 1. The highest BCUT2D eigenvalue weighted by Crippen LogP contribution is 2.22. The molecule has 9 nitrogen and oxygen atoms in total. The number of piperazine rings is 1. The van der Waals surface area contributed by atoms with Crippen LogP contribution >= 0.6 is 0 Å². The molecule has 3 rings (SSSR count). The SMILES string of the molecule is Cc1ccccc1N(CC(=O)N1CCN(C(=O)c2cnccn2)CC1)S(C)(=O)=O. The van der Waals surface area contributed by atoms with Gasteiger partial charge in [-0.05, 0) is 18.6 Å². The number of carbonyl (C=O) groups excluding carboxylic acids is 2. The van der Waals surface area contributed by atoms with Crippen LogP contribution in [0.15, 0.2) is 42.9 Å². The number of amides is 2. The average molecular weight is 417 g/mol. The maximum atomic E-state index is 12.8. The Morgan fingerprint density at radius 1 is 1.07 bits per heavy atom. The lowest BCUT2D eigenvalue weighted by Crippen LogP contribution is -2.53. The van der Waals surface area contributed by atoms with Crippen molar-refractivity contribution in [2.24, 2.45) is 0 Å². The molecule has 10 heteroatoms. The highest BCUT2D eigenvalue weighted by molar-refractivity contribution is 7.92. The van der Waals surface area contributed by atoms with Crippen LogP contribution in [0, 0.1) is 6.92 Å². The molecule has 0 aliphatic carbocycles. The standard InChI is InChI=1S/C19H23N5O4S/c1-15-5-3-4-6-17(15)24(29(2,27)28)14-18(25)22-9-11-23(12-10-22)19(26)16-13-20-7-8-21-16/h3-8,13H,9-12,14H2,1-2H3. The molecule has 1 saturated heterocycles. The Morgan fingerprint density at radius 3 is 2.31 bits per heavy atom. The number of rotatable bonds is 5. The molecule has 1 fully saturated rings. The summed E-state index contributed by atoms with van der Waals surface area (Å²) in [5.41, 5.74) is 1.51. The fourth-order valence-corrected chi connectivity index (χ4v) is 4.08. The summed E-state index contributed by atoms with van der Waals surface area (Å²) in [5.74, 6) is -0.534. The molecule has 1 aliphatic rings. The molecule has 2 amide bonds. The number of aromatic nitrogens is 2. The first-order valence-corrected chi connectivity index (χ1v) is 11.0. The molecular weight excluding hydrogens is 394 g/mol. The predicted molar refractivity (Wildman–Crippen MR) is 108 cm³/mol. The van der Waals surface area contributed by atoms with Crippen molar-refractivity contribution in [2.75, 3.05) is 43.3 Å². The molecule has 2 heterocycles. The van der Waals surface area contributed by atoms with Gasteiger partial charge in [0.15, 0.2) is 0 Å². The second kappa shape index (κ2) is 8.56. The monoisotopic (exact) mass is 417 g/mol. The highest BCUT2D eigenvalue weighted by Gasteiger charge is 2.29. The molecule has 2 aromatic rings. The van der Waals surface area contributed by atoms with E-state index >= 15 is 0 Å². The highest BCUT2D eigenvalue weighted by atomic mass is 32.2. The number of carbonyl (C=O) groups is 2. The Morgan fingerprint density at radius 2 is 1.72 bits per heavy atom. The van der Waals surface area contributed by atoms with Gasteiger partial charge >= 0.3 is 0 Å². The van der Waals surface area contributed by atoms with Crippen LogP contribution in [0.2, 0.25) is 0 Å². The fraction of sp³-hybridized carbons (Fsp3) is 0.368. The van der Waals surface area contributed by atoms with E-state index < -0.39 is 10.0 Å². The van der Waals surface area contributed by atoms with Gasteiger partial charge < -0.3 is 9.80 Å². The van der Waals surface area contributed by atoms with E-state index in [2.05, 4.69) is 9.97 Å². The van der Waals surface area contributed by atoms with E-state index in [-0.39, 0.29) is 24.1 Å². The zero-order chi connectivity index (χ0) is 21.0. The lowest BCUT2D eigenvalue weighted by molar-refractivity contribution is -0.131. The van der Waals surface area contributed by atoms with Gasteiger partial charge in [-0.3, -0.25) is 18.9 Å². The first-order valence-electron chi connectivity index (χ1n) is 9.14. The van der Waals surface area contributed by atoms with Crippen molar-refractivity contribution < 1.29 is 18.0 Å². The minimum absolute atomic E-state index is 0.233. The largest absolute Gasteiger partial charge is 0.338 e. The number of para-hydroxylation sites is 1. The number of sulfonamides is 1. The summed E-state index contributed by atoms with van der Waals surface area (Å²) in [6.45, 7) is 2.89. The van der Waals surface area contributed by atoms with E-state index in [1.165, 1.54) is 18.6 Å². The second-order valence-corrected chi connectivity index (χ2v) is 8.73. The minimum Gasteiger partial charge on any atom is -0.338 e. The number of benzene rings is 1. The maximum absolute atomic E-state index is 12.8. The zero-order valence-electron chi connectivity index (χ0n) is 16.4. The first-order chi connectivity index (χ1) is 13.8. The maximum Gasteiger partial charge on any atom is 0.274 e. The summed E-state index contributed by atoms with van der Waals surface area (Å²) in [6, 6.07) is 7.03. The quantitative estimate of drug-likeness (QED) is 0.703. The molecule has 154 valence electrons. The summed E-state index contributed by atoms with van der Waals surface area (Å²) in [6.07, 6.45) is 5.45. The molecule has 0 saturated carbocycles. The van der Waals surface area contributed by atoms with Gasteiger partial charge in [0.2, 0.25) is 15.9 Å². The van der Waals surface area contributed by atoms with E-state index in [4.69, 9.17) is 0 Å². The van der Waals surface area contributed by atoms with Crippen molar-refractivity contribution in [1.29, 1.82) is 0 Å². The van der Waals surface area contributed by atoms with Crippen LogP contribution in [0.4, 0.5) is 5.69 Å². The summed E-state index contributed by atoms with van der Waals surface area (Å²) >= 11 is 0. The molecule has 1 aromatic carbocycles. The third-order valence-corrected chi connectivity index (χ3v) is 5.89. The zero-order valence-corrected chi connectivity index (χ0v) is 17.2. The second-order valence-electron chi connectivity index (χ2n) is 6.82. The number of nitrogens with zero attached hydrogens (tertiary/aromatic N) is 5. The van der Waals surface area contributed by atoms with Crippen LogP contribution in [0.3, 0.4) is 0 Å². The van der Waals surface area contributed by atoms with Crippen molar-refractivity contribution in [3.63, 3.8) is 0 Å². The summed E-state index contributed by atoms with van der Waals surface area (Å²) < 4.78 is 25.7.